The summed E-state index contributed by atoms with van der Waals surface area (Å²) in [4.78, 5) is 11.5. The van der Waals surface area contributed by atoms with Gasteiger partial charge in [0, 0.05) is 0 Å². The van der Waals surface area contributed by atoms with Gasteiger partial charge in [-0.05, 0) is 25.7 Å². The van der Waals surface area contributed by atoms with Gasteiger partial charge in [-0.25, -0.2) is 8.78 Å². The number of halogens is 4. The molecule has 2 fully saturated rings. The number of carbonyl (C=O) groups is 1. The van der Waals surface area contributed by atoms with Gasteiger partial charge < -0.3 is 0 Å². The zero-order chi connectivity index (χ0) is 10.6. The average molecular weight is 243 g/mol. The van der Waals surface area contributed by atoms with Gasteiger partial charge in [-0.15, -0.1) is 23.2 Å². The van der Waals surface area contributed by atoms with Gasteiger partial charge in [0.1, 0.15) is 22.1 Å². The molecule has 2 unspecified atom stereocenters. The fraction of sp³-hybridized carbons (Fsp3) is 0.889. The average Bonchev–Trinajstić information content (AvgIpc) is 3.03. The van der Waals surface area contributed by atoms with Crippen LogP contribution in [0.2, 0.25) is 0 Å². The summed E-state index contributed by atoms with van der Waals surface area (Å²) in [5.74, 6) is -0.701. The molecule has 2 atom stereocenters. The lowest BCUT2D eigenvalue weighted by Crippen LogP contribution is -2.39. The fourth-order valence-corrected chi connectivity index (χ4v) is 2.14. The monoisotopic (exact) mass is 242 g/mol. The highest BCUT2D eigenvalue weighted by molar-refractivity contribution is 6.41. The highest BCUT2D eigenvalue weighted by Gasteiger charge is 2.59. The predicted octanol–water partition coefficient (Wildman–Crippen LogP) is 2.77. The second-order valence-corrected chi connectivity index (χ2v) is 5.07. The standard InChI is InChI=1S/C9H10Cl2F2O/c10-6(8(12)1-2-8)5(14)7(11)9(13)3-4-9/h6-7H,1-4H2. The highest BCUT2D eigenvalue weighted by Crippen LogP contribution is 2.50. The van der Waals surface area contributed by atoms with Gasteiger partial charge in [-0.2, -0.15) is 0 Å². The zero-order valence-electron chi connectivity index (χ0n) is 7.40. The van der Waals surface area contributed by atoms with Gasteiger partial charge >= 0.3 is 0 Å². The van der Waals surface area contributed by atoms with Gasteiger partial charge in [0.25, 0.3) is 0 Å². The molecule has 0 aromatic rings. The van der Waals surface area contributed by atoms with Crippen LogP contribution in [0.25, 0.3) is 0 Å². The zero-order valence-corrected chi connectivity index (χ0v) is 8.92. The van der Waals surface area contributed by atoms with Crippen molar-refractivity contribution >= 4 is 29.0 Å². The molecular weight excluding hydrogens is 233 g/mol. The van der Waals surface area contributed by atoms with Crippen molar-refractivity contribution in [2.24, 2.45) is 0 Å². The summed E-state index contributed by atoms with van der Waals surface area (Å²) in [6.07, 6.45) is 1.09. The minimum atomic E-state index is -1.63. The van der Waals surface area contributed by atoms with E-state index in [0.29, 0.717) is 0 Å². The van der Waals surface area contributed by atoms with Crippen LogP contribution < -0.4 is 0 Å². The number of hydrogen-bond acceptors (Lipinski definition) is 1. The van der Waals surface area contributed by atoms with Crippen LogP contribution >= 0.6 is 23.2 Å². The SMILES string of the molecule is O=C(C(Cl)C1(F)CC1)C(Cl)C1(F)CC1. The normalized spacial score (nSPS) is 30.6. The lowest BCUT2D eigenvalue weighted by atomic mass is 10.1. The van der Waals surface area contributed by atoms with Crippen LogP contribution in [0.4, 0.5) is 8.78 Å². The first kappa shape index (κ1) is 10.6. The van der Waals surface area contributed by atoms with Crippen molar-refractivity contribution in [1.82, 2.24) is 0 Å². The Kier molecular flexibility index (Phi) is 2.31. The first-order valence-corrected chi connectivity index (χ1v) is 5.46. The van der Waals surface area contributed by atoms with Crippen LogP contribution in [-0.2, 0) is 4.79 Å². The predicted molar refractivity (Wildman–Crippen MR) is 50.4 cm³/mol. The van der Waals surface area contributed by atoms with E-state index in [1.54, 1.807) is 0 Å². The summed E-state index contributed by atoms with van der Waals surface area (Å²) in [6, 6.07) is 0. The minimum Gasteiger partial charge on any atom is -0.296 e. The molecule has 0 aromatic carbocycles. The Hall–Kier alpha value is 0.110. The van der Waals surface area contributed by atoms with Crippen molar-refractivity contribution in [1.29, 1.82) is 0 Å². The fourth-order valence-electron chi connectivity index (χ4n) is 1.38. The first-order valence-electron chi connectivity index (χ1n) is 4.59. The van der Waals surface area contributed by atoms with Crippen molar-refractivity contribution in [3.63, 3.8) is 0 Å². The molecule has 5 heteroatoms. The van der Waals surface area contributed by atoms with Crippen LogP contribution in [0.15, 0.2) is 0 Å². The van der Waals surface area contributed by atoms with Gasteiger partial charge in [-0.3, -0.25) is 4.79 Å². The molecule has 0 bridgehead atoms. The number of alkyl halides is 4. The Bertz CT molecular complexity index is 248. The number of hydrogen-bond donors (Lipinski definition) is 0. The summed E-state index contributed by atoms with van der Waals surface area (Å²) in [6.45, 7) is 0. The van der Waals surface area contributed by atoms with E-state index in [9.17, 15) is 13.6 Å². The molecule has 0 heterocycles. The number of carbonyl (C=O) groups excluding carboxylic acids is 1. The maximum absolute atomic E-state index is 13.4. The Labute approximate surface area is 90.7 Å². The van der Waals surface area contributed by atoms with Crippen LogP contribution in [0, 0.1) is 0 Å². The molecule has 80 valence electrons. The first-order chi connectivity index (χ1) is 6.39. The minimum absolute atomic E-state index is 0.274. The van der Waals surface area contributed by atoms with Crippen LogP contribution in [0.1, 0.15) is 25.7 Å². The lowest BCUT2D eigenvalue weighted by Gasteiger charge is -2.18. The van der Waals surface area contributed by atoms with E-state index >= 15 is 0 Å². The Morgan fingerprint density at radius 1 is 1.00 bits per heavy atom. The molecule has 0 saturated heterocycles. The summed E-state index contributed by atoms with van der Waals surface area (Å²) >= 11 is 11.2. The van der Waals surface area contributed by atoms with Crippen LogP contribution in [-0.4, -0.2) is 27.9 Å². The Morgan fingerprint density at radius 3 is 1.50 bits per heavy atom. The molecule has 2 rings (SSSR count). The van der Waals surface area contributed by atoms with E-state index in [-0.39, 0.29) is 25.7 Å². The molecule has 0 aliphatic heterocycles. The third-order valence-electron chi connectivity index (χ3n) is 2.86. The quantitative estimate of drug-likeness (QED) is 0.694. The summed E-state index contributed by atoms with van der Waals surface area (Å²) in [5, 5.41) is -2.56. The molecule has 0 aromatic heterocycles. The van der Waals surface area contributed by atoms with Gasteiger partial charge in [0.2, 0.25) is 0 Å². The molecule has 2 saturated carbocycles. The Balaban J connectivity index is 2.00. The second kappa shape index (κ2) is 3.05. The molecule has 0 N–H and O–H groups in total. The molecule has 2 aliphatic carbocycles. The molecule has 0 amide bonds. The van der Waals surface area contributed by atoms with Crippen LogP contribution in [0.3, 0.4) is 0 Å². The maximum atomic E-state index is 13.4. The molecule has 0 radical (unpaired) electrons. The number of Topliss-reactive ketones (excluding diaryl/α,β-unsaturated/α-hetero) is 1. The molecule has 1 nitrogen and oxygen atoms in total. The molecule has 0 spiro atoms. The van der Waals surface area contributed by atoms with Crippen molar-refractivity contribution in [2.75, 3.05) is 0 Å². The van der Waals surface area contributed by atoms with Gasteiger partial charge in [-0.1, -0.05) is 0 Å². The van der Waals surface area contributed by atoms with Crippen LogP contribution in [0.5, 0.6) is 0 Å². The van der Waals surface area contributed by atoms with E-state index < -0.39 is 27.9 Å². The van der Waals surface area contributed by atoms with E-state index in [1.807, 2.05) is 0 Å². The summed E-state index contributed by atoms with van der Waals surface area (Å²) in [5.41, 5.74) is -3.26. The third-order valence-corrected chi connectivity index (χ3v) is 4.08. The van der Waals surface area contributed by atoms with Crippen molar-refractivity contribution < 1.29 is 13.6 Å². The molecule has 14 heavy (non-hydrogen) atoms. The highest BCUT2D eigenvalue weighted by atomic mass is 35.5. The summed E-state index contributed by atoms with van der Waals surface area (Å²) in [7, 11) is 0. The van der Waals surface area contributed by atoms with E-state index in [4.69, 9.17) is 23.2 Å². The van der Waals surface area contributed by atoms with Gasteiger partial charge in [0.05, 0.1) is 0 Å². The third kappa shape index (κ3) is 1.65. The molecule has 2 aliphatic rings. The smallest absolute Gasteiger partial charge is 0.174 e. The van der Waals surface area contributed by atoms with E-state index in [1.165, 1.54) is 0 Å². The number of rotatable bonds is 4. The van der Waals surface area contributed by atoms with Gasteiger partial charge in [0.15, 0.2) is 5.78 Å². The second-order valence-electron chi connectivity index (χ2n) is 4.20. The van der Waals surface area contributed by atoms with Crippen molar-refractivity contribution in [2.45, 2.75) is 47.8 Å². The Morgan fingerprint density at radius 2 is 1.29 bits per heavy atom. The largest absolute Gasteiger partial charge is 0.296 e. The lowest BCUT2D eigenvalue weighted by molar-refractivity contribution is -0.121. The summed E-state index contributed by atoms with van der Waals surface area (Å²) < 4.78 is 26.8. The van der Waals surface area contributed by atoms with E-state index in [2.05, 4.69) is 0 Å². The van der Waals surface area contributed by atoms with E-state index in [0.717, 1.165) is 0 Å². The topological polar surface area (TPSA) is 17.1 Å². The molecular formula is C9H10Cl2F2O. The number of ketones is 1. The van der Waals surface area contributed by atoms with Crippen molar-refractivity contribution in [3.05, 3.63) is 0 Å². The maximum Gasteiger partial charge on any atom is 0.174 e. The van der Waals surface area contributed by atoms with Crippen molar-refractivity contribution in [3.8, 4) is 0 Å².